The lowest BCUT2D eigenvalue weighted by molar-refractivity contribution is 0.1000. The molecule has 0 aromatic heterocycles. The largest absolute Gasteiger partial charge is 0.366 e. The zero-order valence-electron chi connectivity index (χ0n) is 11.4. The molecule has 3 nitrogen and oxygen atoms in total. The number of nitrogens with two attached hydrogens (primary N) is 1. The van der Waals surface area contributed by atoms with E-state index in [2.05, 4.69) is 5.32 Å². The maximum absolute atomic E-state index is 11.1. The molecule has 2 aromatic rings. The number of carbonyl (C=O) groups is 1. The van der Waals surface area contributed by atoms with Gasteiger partial charge in [0.1, 0.15) is 0 Å². The van der Waals surface area contributed by atoms with Gasteiger partial charge in [-0.15, -0.1) is 0 Å². The Hall–Kier alpha value is -1.55. The van der Waals surface area contributed by atoms with Gasteiger partial charge in [0.25, 0.3) is 0 Å². The molecule has 110 valence electrons. The molecular weight excluding hydrogens is 307 g/mol. The van der Waals surface area contributed by atoms with Crippen LogP contribution >= 0.6 is 23.2 Å². The fourth-order valence-electron chi connectivity index (χ4n) is 2.01. The van der Waals surface area contributed by atoms with E-state index in [1.807, 2.05) is 24.3 Å². The van der Waals surface area contributed by atoms with Gasteiger partial charge in [-0.1, -0.05) is 41.4 Å². The number of halogens is 2. The number of carbonyl (C=O) groups excluding carboxylic acids is 1. The van der Waals surface area contributed by atoms with E-state index < -0.39 is 5.91 Å². The van der Waals surface area contributed by atoms with Crippen molar-refractivity contribution in [3.8, 4) is 0 Å². The Balaban J connectivity index is 1.84. The summed E-state index contributed by atoms with van der Waals surface area (Å²) in [7, 11) is 0. The topological polar surface area (TPSA) is 55.1 Å². The smallest absolute Gasteiger partial charge is 0.248 e. The van der Waals surface area contributed by atoms with E-state index >= 15 is 0 Å². The van der Waals surface area contributed by atoms with Crippen LogP contribution < -0.4 is 11.1 Å². The Morgan fingerprint density at radius 3 is 2.67 bits per heavy atom. The highest BCUT2D eigenvalue weighted by Gasteiger charge is 2.03. The zero-order chi connectivity index (χ0) is 15.2. The van der Waals surface area contributed by atoms with Gasteiger partial charge >= 0.3 is 0 Å². The number of hydrogen-bond acceptors (Lipinski definition) is 2. The first-order valence-corrected chi connectivity index (χ1v) is 7.35. The number of rotatable bonds is 6. The molecule has 21 heavy (non-hydrogen) atoms. The van der Waals surface area contributed by atoms with Crippen molar-refractivity contribution in [1.82, 2.24) is 5.32 Å². The van der Waals surface area contributed by atoms with Gasteiger partial charge in [0.2, 0.25) is 5.91 Å². The van der Waals surface area contributed by atoms with Crippen LogP contribution in [0.25, 0.3) is 0 Å². The summed E-state index contributed by atoms with van der Waals surface area (Å²) in [5, 5.41) is 4.63. The van der Waals surface area contributed by atoms with Crippen molar-refractivity contribution in [2.75, 3.05) is 6.54 Å². The highest BCUT2D eigenvalue weighted by molar-refractivity contribution is 6.35. The quantitative estimate of drug-likeness (QED) is 0.800. The third-order valence-corrected chi connectivity index (χ3v) is 3.71. The summed E-state index contributed by atoms with van der Waals surface area (Å²) in [5.41, 5.74) is 7.86. The summed E-state index contributed by atoms with van der Waals surface area (Å²) in [6, 6.07) is 12.8. The number of amides is 1. The maximum atomic E-state index is 11.1. The molecule has 0 saturated heterocycles. The van der Waals surface area contributed by atoms with Gasteiger partial charge in [-0.2, -0.15) is 0 Å². The Morgan fingerprint density at radius 1 is 1.14 bits per heavy atom. The number of hydrogen-bond donors (Lipinski definition) is 2. The molecule has 0 heterocycles. The summed E-state index contributed by atoms with van der Waals surface area (Å²) in [4.78, 5) is 11.1. The standard InChI is InChI=1S/C16H16Cl2N2O/c17-14-5-4-12(15(18)9-14)6-7-20-10-11-2-1-3-13(8-11)16(19)21/h1-5,8-9,20H,6-7,10H2,(H2,19,21). The van der Waals surface area contributed by atoms with Crippen molar-refractivity contribution in [2.45, 2.75) is 13.0 Å². The molecule has 0 aliphatic heterocycles. The third-order valence-electron chi connectivity index (χ3n) is 3.13. The summed E-state index contributed by atoms with van der Waals surface area (Å²) in [6.07, 6.45) is 0.811. The van der Waals surface area contributed by atoms with Crippen LogP contribution in [-0.2, 0) is 13.0 Å². The van der Waals surface area contributed by atoms with Gasteiger partial charge in [-0.25, -0.2) is 0 Å². The Morgan fingerprint density at radius 2 is 1.95 bits per heavy atom. The van der Waals surface area contributed by atoms with E-state index in [0.29, 0.717) is 22.2 Å². The lowest BCUT2D eigenvalue weighted by Gasteiger charge is -2.07. The van der Waals surface area contributed by atoms with Gasteiger partial charge in [-0.05, 0) is 48.4 Å². The van der Waals surface area contributed by atoms with E-state index in [4.69, 9.17) is 28.9 Å². The molecule has 0 bridgehead atoms. The highest BCUT2D eigenvalue weighted by atomic mass is 35.5. The number of primary amides is 1. The minimum Gasteiger partial charge on any atom is -0.366 e. The van der Waals surface area contributed by atoms with Crippen LogP contribution in [0.5, 0.6) is 0 Å². The van der Waals surface area contributed by atoms with E-state index in [1.165, 1.54) is 0 Å². The summed E-state index contributed by atoms with van der Waals surface area (Å²) < 4.78 is 0. The first-order valence-electron chi connectivity index (χ1n) is 6.59. The third kappa shape index (κ3) is 4.74. The van der Waals surface area contributed by atoms with Crippen molar-refractivity contribution in [3.05, 3.63) is 69.2 Å². The minimum absolute atomic E-state index is 0.412. The van der Waals surface area contributed by atoms with Gasteiger partial charge in [0, 0.05) is 22.2 Å². The predicted octanol–water partition coefficient (Wildman–Crippen LogP) is 3.42. The van der Waals surface area contributed by atoms with Crippen LogP contribution in [0.1, 0.15) is 21.5 Å². The van der Waals surface area contributed by atoms with E-state index in [9.17, 15) is 4.79 Å². The monoisotopic (exact) mass is 322 g/mol. The molecular formula is C16H16Cl2N2O. The SMILES string of the molecule is NC(=O)c1cccc(CNCCc2ccc(Cl)cc2Cl)c1. The molecule has 0 aliphatic carbocycles. The summed E-state index contributed by atoms with van der Waals surface area (Å²) in [6.45, 7) is 1.45. The number of nitrogens with one attached hydrogen (secondary N) is 1. The second kappa shape index (κ2) is 7.46. The van der Waals surface area contributed by atoms with Gasteiger partial charge in [0.05, 0.1) is 0 Å². The van der Waals surface area contributed by atoms with E-state index in [1.54, 1.807) is 18.2 Å². The van der Waals surface area contributed by atoms with E-state index in [-0.39, 0.29) is 0 Å². The van der Waals surface area contributed by atoms with Crippen molar-refractivity contribution in [2.24, 2.45) is 5.73 Å². The van der Waals surface area contributed by atoms with Crippen LogP contribution in [0.3, 0.4) is 0 Å². The molecule has 2 rings (SSSR count). The molecule has 0 spiro atoms. The second-order valence-corrected chi connectivity index (χ2v) is 5.57. The molecule has 0 saturated carbocycles. The molecule has 0 radical (unpaired) electrons. The summed E-state index contributed by atoms with van der Waals surface area (Å²) >= 11 is 12.0. The fourth-order valence-corrected chi connectivity index (χ4v) is 2.52. The number of benzene rings is 2. The van der Waals surface area contributed by atoms with Crippen molar-refractivity contribution < 1.29 is 4.79 Å². The Bertz CT molecular complexity index is 644. The van der Waals surface area contributed by atoms with Crippen LogP contribution in [0.15, 0.2) is 42.5 Å². The summed E-state index contributed by atoms with van der Waals surface area (Å²) in [5.74, 6) is -0.412. The normalized spacial score (nSPS) is 10.6. The lowest BCUT2D eigenvalue weighted by atomic mass is 10.1. The molecule has 0 aliphatic rings. The average molecular weight is 323 g/mol. The van der Waals surface area contributed by atoms with Crippen LogP contribution in [0.2, 0.25) is 10.0 Å². The van der Waals surface area contributed by atoms with Crippen LogP contribution in [0, 0.1) is 0 Å². The Labute approximate surface area is 134 Å². The van der Waals surface area contributed by atoms with Crippen molar-refractivity contribution in [3.63, 3.8) is 0 Å². The van der Waals surface area contributed by atoms with Crippen molar-refractivity contribution >= 4 is 29.1 Å². The maximum Gasteiger partial charge on any atom is 0.248 e. The van der Waals surface area contributed by atoms with Crippen LogP contribution in [0.4, 0.5) is 0 Å². The van der Waals surface area contributed by atoms with Gasteiger partial charge in [-0.3, -0.25) is 4.79 Å². The van der Waals surface area contributed by atoms with Crippen LogP contribution in [-0.4, -0.2) is 12.5 Å². The van der Waals surface area contributed by atoms with Gasteiger partial charge in [0.15, 0.2) is 0 Å². The lowest BCUT2D eigenvalue weighted by Crippen LogP contribution is -2.17. The van der Waals surface area contributed by atoms with E-state index in [0.717, 1.165) is 24.1 Å². The zero-order valence-corrected chi connectivity index (χ0v) is 12.9. The highest BCUT2D eigenvalue weighted by Crippen LogP contribution is 2.21. The first-order chi connectivity index (χ1) is 10.1. The molecule has 0 atom stereocenters. The minimum atomic E-state index is -0.412. The molecule has 2 aromatic carbocycles. The molecule has 0 fully saturated rings. The average Bonchev–Trinajstić information content (AvgIpc) is 2.45. The second-order valence-electron chi connectivity index (χ2n) is 4.73. The fraction of sp³-hybridized carbons (Fsp3) is 0.188. The first kappa shape index (κ1) is 15.8. The molecule has 1 amide bonds. The van der Waals surface area contributed by atoms with Crippen molar-refractivity contribution in [1.29, 1.82) is 0 Å². The molecule has 3 N–H and O–H groups in total. The predicted molar refractivity (Wildman–Crippen MR) is 86.8 cm³/mol. The van der Waals surface area contributed by atoms with Gasteiger partial charge < -0.3 is 11.1 Å². The molecule has 5 heteroatoms. The molecule has 0 unspecified atom stereocenters. The Kier molecular flexibility index (Phi) is 5.62.